The van der Waals surface area contributed by atoms with Crippen molar-refractivity contribution in [2.45, 2.75) is 26.9 Å². The molecule has 1 aromatic heterocycles. The highest BCUT2D eigenvalue weighted by Gasteiger charge is 2.12. The van der Waals surface area contributed by atoms with Gasteiger partial charge in [0.2, 0.25) is 0 Å². The lowest BCUT2D eigenvalue weighted by Crippen LogP contribution is -2.22. The monoisotopic (exact) mass is 405 g/mol. The van der Waals surface area contributed by atoms with E-state index in [2.05, 4.69) is 27.2 Å². The van der Waals surface area contributed by atoms with E-state index < -0.39 is 12.1 Å². The van der Waals surface area contributed by atoms with Crippen LogP contribution in [-0.2, 0) is 4.79 Å². The molecule has 1 amide bonds. The Kier molecular flexibility index (Phi) is 6.32. The molecule has 0 saturated carbocycles. The predicted molar refractivity (Wildman–Crippen MR) is 114 cm³/mol. The number of aliphatic carboxylic acids is 1. The topological polar surface area (TPSA) is 92.9 Å². The first kappa shape index (κ1) is 20.9. The van der Waals surface area contributed by atoms with E-state index in [4.69, 9.17) is 9.84 Å². The van der Waals surface area contributed by atoms with Gasteiger partial charge in [0.15, 0.2) is 6.10 Å². The minimum absolute atomic E-state index is 0.311. The fourth-order valence-electron chi connectivity index (χ4n) is 2.95. The standard InChI is InChI=1S/C23H23N3O4/c1-15-4-5-16(2)26(15)20-10-8-19(9-11-20)22(27)25-24-14-18-6-12-21(13-7-18)30-17(3)23(28)29/h4-14,17H,1-3H3,(H,25,27)(H,28,29)/b24-14-/t17-/m1/s1. The number of carboxylic acid groups (broad SMARTS) is 1. The van der Waals surface area contributed by atoms with Crippen LogP contribution in [-0.4, -0.2) is 33.9 Å². The number of rotatable bonds is 7. The minimum atomic E-state index is -1.03. The highest BCUT2D eigenvalue weighted by Crippen LogP contribution is 2.17. The van der Waals surface area contributed by atoms with E-state index in [0.717, 1.165) is 22.6 Å². The largest absolute Gasteiger partial charge is 0.479 e. The molecule has 2 aromatic carbocycles. The van der Waals surface area contributed by atoms with Crippen molar-refractivity contribution in [1.82, 2.24) is 9.99 Å². The smallest absolute Gasteiger partial charge is 0.344 e. The summed E-state index contributed by atoms with van der Waals surface area (Å²) in [4.78, 5) is 23.1. The van der Waals surface area contributed by atoms with Crippen LogP contribution in [0.3, 0.4) is 0 Å². The van der Waals surface area contributed by atoms with E-state index in [1.165, 1.54) is 13.1 Å². The molecule has 2 N–H and O–H groups in total. The summed E-state index contributed by atoms with van der Waals surface area (Å²) in [5.41, 5.74) is 6.99. The van der Waals surface area contributed by atoms with Crippen molar-refractivity contribution in [1.29, 1.82) is 0 Å². The average Bonchev–Trinajstić information content (AvgIpc) is 3.07. The van der Waals surface area contributed by atoms with Gasteiger partial charge in [-0.2, -0.15) is 5.10 Å². The molecule has 1 heterocycles. The summed E-state index contributed by atoms with van der Waals surface area (Å²) in [6, 6.07) is 18.1. The summed E-state index contributed by atoms with van der Waals surface area (Å²) >= 11 is 0. The van der Waals surface area contributed by atoms with Crippen molar-refractivity contribution >= 4 is 18.1 Å². The number of benzene rings is 2. The number of aryl methyl sites for hydroxylation is 2. The first-order valence-corrected chi connectivity index (χ1v) is 9.43. The van der Waals surface area contributed by atoms with Gasteiger partial charge in [-0.15, -0.1) is 0 Å². The molecule has 3 rings (SSSR count). The maximum absolute atomic E-state index is 12.3. The normalized spacial score (nSPS) is 12.0. The van der Waals surface area contributed by atoms with Gasteiger partial charge in [0, 0.05) is 22.6 Å². The molecule has 0 aliphatic rings. The number of amides is 1. The van der Waals surface area contributed by atoms with Crippen molar-refractivity contribution in [3.63, 3.8) is 0 Å². The number of nitrogens with zero attached hydrogens (tertiary/aromatic N) is 2. The second kappa shape index (κ2) is 9.09. The Balaban J connectivity index is 1.59. The number of carbonyl (C=O) groups excluding carboxylic acids is 1. The van der Waals surface area contributed by atoms with Crippen molar-refractivity contribution < 1.29 is 19.4 Å². The number of ether oxygens (including phenoxy) is 1. The second-order valence-corrected chi connectivity index (χ2v) is 6.86. The first-order chi connectivity index (χ1) is 14.3. The van der Waals surface area contributed by atoms with Crippen LogP contribution < -0.4 is 10.2 Å². The third-order valence-electron chi connectivity index (χ3n) is 4.58. The van der Waals surface area contributed by atoms with Crippen LogP contribution in [0.2, 0.25) is 0 Å². The number of carboxylic acids is 1. The number of aromatic nitrogens is 1. The Morgan fingerprint density at radius 1 is 1.00 bits per heavy atom. The van der Waals surface area contributed by atoms with Gasteiger partial charge in [0.25, 0.3) is 5.91 Å². The zero-order chi connectivity index (χ0) is 21.7. The lowest BCUT2D eigenvalue weighted by atomic mass is 10.2. The molecule has 0 unspecified atom stereocenters. The van der Waals surface area contributed by atoms with E-state index >= 15 is 0 Å². The van der Waals surface area contributed by atoms with Gasteiger partial charge in [0.1, 0.15) is 5.75 Å². The van der Waals surface area contributed by atoms with Crippen LogP contribution in [0.25, 0.3) is 5.69 Å². The lowest BCUT2D eigenvalue weighted by Gasteiger charge is -2.10. The van der Waals surface area contributed by atoms with Gasteiger partial charge in [-0.05, 0) is 87.0 Å². The molecule has 30 heavy (non-hydrogen) atoms. The van der Waals surface area contributed by atoms with Crippen LogP contribution in [0.5, 0.6) is 5.75 Å². The molecule has 0 fully saturated rings. The molecule has 7 nitrogen and oxygen atoms in total. The number of hydrazone groups is 1. The summed E-state index contributed by atoms with van der Waals surface area (Å²) < 4.78 is 7.38. The van der Waals surface area contributed by atoms with E-state index in [1.54, 1.807) is 36.4 Å². The third-order valence-corrected chi connectivity index (χ3v) is 4.58. The Bertz CT molecular complexity index is 1050. The van der Waals surface area contributed by atoms with E-state index in [-0.39, 0.29) is 5.91 Å². The highest BCUT2D eigenvalue weighted by molar-refractivity contribution is 5.95. The number of carbonyl (C=O) groups is 2. The molecule has 0 aliphatic carbocycles. The van der Waals surface area contributed by atoms with Crippen LogP contribution in [0.4, 0.5) is 0 Å². The fourth-order valence-corrected chi connectivity index (χ4v) is 2.95. The molecular weight excluding hydrogens is 382 g/mol. The molecule has 0 spiro atoms. The molecule has 154 valence electrons. The summed E-state index contributed by atoms with van der Waals surface area (Å²) in [6.45, 7) is 5.53. The van der Waals surface area contributed by atoms with Gasteiger partial charge < -0.3 is 14.4 Å². The van der Waals surface area contributed by atoms with Gasteiger partial charge in [0.05, 0.1) is 6.21 Å². The molecule has 7 heteroatoms. The number of nitrogens with one attached hydrogen (secondary N) is 1. The third kappa shape index (κ3) is 4.94. The maximum atomic E-state index is 12.3. The lowest BCUT2D eigenvalue weighted by molar-refractivity contribution is -0.144. The van der Waals surface area contributed by atoms with Gasteiger partial charge in [-0.1, -0.05) is 0 Å². The van der Waals surface area contributed by atoms with E-state index in [1.807, 2.05) is 26.0 Å². The number of hydrogen-bond acceptors (Lipinski definition) is 4. The van der Waals surface area contributed by atoms with Crippen LogP contribution in [0.1, 0.15) is 34.2 Å². The Morgan fingerprint density at radius 2 is 1.60 bits per heavy atom. The Hall–Kier alpha value is -3.87. The fraction of sp³-hybridized carbons (Fsp3) is 0.174. The van der Waals surface area contributed by atoms with Gasteiger partial charge in [-0.3, -0.25) is 4.79 Å². The van der Waals surface area contributed by atoms with Crippen molar-refractivity contribution in [3.8, 4) is 11.4 Å². The predicted octanol–water partition coefficient (Wildman–Crippen LogP) is 3.71. The van der Waals surface area contributed by atoms with Crippen LogP contribution in [0, 0.1) is 13.8 Å². The molecule has 3 aromatic rings. The molecule has 0 bridgehead atoms. The zero-order valence-corrected chi connectivity index (χ0v) is 17.0. The van der Waals surface area contributed by atoms with Crippen molar-refractivity contribution in [3.05, 3.63) is 83.2 Å². The summed E-state index contributed by atoms with van der Waals surface area (Å²) in [6.07, 6.45) is 0.573. The quantitative estimate of drug-likeness (QED) is 0.463. The molecule has 1 atom stereocenters. The minimum Gasteiger partial charge on any atom is -0.479 e. The van der Waals surface area contributed by atoms with Crippen molar-refractivity contribution in [2.75, 3.05) is 0 Å². The van der Waals surface area contributed by atoms with Gasteiger partial charge in [-0.25, -0.2) is 10.2 Å². The van der Waals surface area contributed by atoms with Crippen molar-refractivity contribution in [2.24, 2.45) is 5.10 Å². The zero-order valence-electron chi connectivity index (χ0n) is 17.0. The highest BCUT2D eigenvalue weighted by atomic mass is 16.5. The molecule has 0 saturated heterocycles. The average molecular weight is 405 g/mol. The molecule has 0 aliphatic heterocycles. The summed E-state index contributed by atoms with van der Waals surface area (Å²) in [5, 5.41) is 12.8. The van der Waals surface area contributed by atoms with Crippen LogP contribution >= 0.6 is 0 Å². The van der Waals surface area contributed by atoms with Crippen LogP contribution in [0.15, 0.2) is 65.8 Å². The maximum Gasteiger partial charge on any atom is 0.344 e. The van der Waals surface area contributed by atoms with E-state index in [9.17, 15) is 9.59 Å². The summed E-state index contributed by atoms with van der Waals surface area (Å²) in [7, 11) is 0. The molecule has 0 radical (unpaired) electrons. The van der Waals surface area contributed by atoms with Gasteiger partial charge >= 0.3 is 5.97 Å². The SMILES string of the molecule is Cc1ccc(C)n1-c1ccc(C(=O)N/N=C\c2ccc(O[C@H](C)C(=O)O)cc2)cc1. The number of hydrogen-bond donors (Lipinski definition) is 2. The Labute approximate surface area is 174 Å². The Morgan fingerprint density at radius 3 is 2.17 bits per heavy atom. The molecular formula is C23H23N3O4. The van der Waals surface area contributed by atoms with E-state index in [0.29, 0.717) is 11.3 Å². The summed E-state index contributed by atoms with van der Waals surface area (Å²) in [5.74, 6) is -0.900. The first-order valence-electron chi connectivity index (χ1n) is 9.43. The second-order valence-electron chi connectivity index (χ2n) is 6.86.